The van der Waals surface area contributed by atoms with Crippen LogP contribution in [0.15, 0.2) is 79.1 Å². The SMILES string of the molecule is C[C@@H](CN[C@@H](C(=O)Nc1ccc(-c2cnn(C)n2)cn1)c1ccccc1)c1ccc(C#N)cc1. The van der Waals surface area contributed by atoms with Crippen LogP contribution in [0, 0.1) is 11.3 Å². The number of anilines is 1. The molecule has 0 saturated carbocycles. The van der Waals surface area contributed by atoms with Gasteiger partial charge in [0, 0.05) is 25.4 Å². The van der Waals surface area contributed by atoms with Gasteiger partial charge < -0.3 is 10.6 Å². The van der Waals surface area contributed by atoms with Crippen LogP contribution >= 0.6 is 0 Å². The van der Waals surface area contributed by atoms with Crippen LogP contribution in [0.3, 0.4) is 0 Å². The molecule has 8 heteroatoms. The Morgan fingerprint density at radius 3 is 2.41 bits per heavy atom. The normalized spacial score (nSPS) is 12.5. The molecule has 2 N–H and O–H groups in total. The van der Waals surface area contributed by atoms with Crippen molar-refractivity contribution in [1.82, 2.24) is 25.3 Å². The van der Waals surface area contributed by atoms with Gasteiger partial charge in [0.15, 0.2) is 0 Å². The van der Waals surface area contributed by atoms with E-state index < -0.39 is 6.04 Å². The first-order chi connectivity index (χ1) is 16.5. The monoisotopic (exact) mass is 451 g/mol. The Labute approximate surface area is 198 Å². The van der Waals surface area contributed by atoms with Crippen LogP contribution in [0.2, 0.25) is 0 Å². The predicted octanol–water partition coefficient (Wildman–Crippen LogP) is 3.82. The lowest BCUT2D eigenvalue weighted by atomic mass is 9.98. The number of carbonyl (C=O) groups is 1. The van der Waals surface area contributed by atoms with Gasteiger partial charge in [-0.1, -0.05) is 49.4 Å². The highest BCUT2D eigenvalue weighted by atomic mass is 16.2. The zero-order valence-electron chi connectivity index (χ0n) is 19.0. The predicted molar refractivity (Wildman–Crippen MR) is 130 cm³/mol. The van der Waals surface area contributed by atoms with Crippen molar-refractivity contribution in [2.24, 2.45) is 7.05 Å². The van der Waals surface area contributed by atoms with E-state index in [4.69, 9.17) is 5.26 Å². The maximum Gasteiger partial charge on any atom is 0.247 e. The molecule has 0 saturated heterocycles. The molecule has 0 spiro atoms. The van der Waals surface area contributed by atoms with Gasteiger partial charge in [-0.3, -0.25) is 4.79 Å². The van der Waals surface area contributed by atoms with Crippen molar-refractivity contribution in [1.29, 1.82) is 5.26 Å². The largest absolute Gasteiger partial charge is 0.309 e. The maximum atomic E-state index is 13.2. The summed E-state index contributed by atoms with van der Waals surface area (Å²) < 4.78 is 0. The molecule has 0 aliphatic rings. The highest BCUT2D eigenvalue weighted by molar-refractivity contribution is 5.94. The van der Waals surface area contributed by atoms with E-state index in [9.17, 15) is 4.79 Å². The number of nitriles is 1. The molecule has 170 valence electrons. The van der Waals surface area contributed by atoms with Crippen LogP contribution in [0.4, 0.5) is 5.82 Å². The summed E-state index contributed by atoms with van der Waals surface area (Å²) in [6, 6.07) is 22.3. The third-order valence-corrected chi connectivity index (χ3v) is 5.54. The number of hydrogen-bond acceptors (Lipinski definition) is 6. The number of carbonyl (C=O) groups excluding carboxylic acids is 1. The van der Waals surface area contributed by atoms with E-state index in [1.165, 1.54) is 4.80 Å². The number of aromatic nitrogens is 4. The third kappa shape index (κ3) is 5.52. The summed E-state index contributed by atoms with van der Waals surface area (Å²) in [5.74, 6) is 0.412. The fourth-order valence-electron chi connectivity index (χ4n) is 3.60. The van der Waals surface area contributed by atoms with Crippen LogP contribution in [0.25, 0.3) is 11.3 Å². The van der Waals surface area contributed by atoms with Crippen LogP contribution in [0.1, 0.15) is 35.6 Å². The standard InChI is InChI=1S/C26H25N7O/c1-18(20-10-8-19(14-27)9-11-20)15-29-25(21-6-4-3-5-7-21)26(34)31-24-13-12-22(16-28-24)23-17-30-33(2)32-23/h3-13,16-18,25,29H,15H2,1-2H3,(H,28,31,34)/t18-,25+/m0/s1. The summed E-state index contributed by atoms with van der Waals surface area (Å²) in [4.78, 5) is 19.1. The summed E-state index contributed by atoms with van der Waals surface area (Å²) in [5, 5.41) is 23.7. The smallest absolute Gasteiger partial charge is 0.247 e. The molecule has 0 bridgehead atoms. The van der Waals surface area contributed by atoms with E-state index in [0.717, 1.165) is 16.7 Å². The first-order valence-electron chi connectivity index (χ1n) is 11.0. The first kappa shape index (κ1) is 22.8. The highest BCUT2D eigenvalue weighted by Crippen LogP contribution is 2.21. The third-order valence-electron chi connectivity index (χ3n) is 5.54. The Morgan fingerprint density at radius 1 is 1.03 bits per heavy atom. The van der Waals surface area contributed by atoms with Gasteiger partial charge in [-0.25, -0.2) is 4.98 Å². The molecule has 4 rings (SSSR count). The Hall–Kier alpha value is -4.35. The van der Waals surface area contributed by atoms with Gasteiger partial charge in [-0.15, -0.1) is 0 Å². The lowest BCUT2D eigenvalue weighted by Crippen LogP contribution is -2.35. The Kier molecular flexibility index (Phi) is 7.06. The lowest BCUT2D eigenvalue weighted by molar-refractivity contribution is -0.118. The number of rotatable bonds is 8. The van der Waals surface area contributed by atoms with Crippen molar-refractivity contribution in [3.8, 4) is 17.3 Å². The van der Waals surface area contributed by atoms with Gasteiger partial charge in [-0.2, -0.15) is 20.3 Å². The number of aryl methyl sites for hydroxylation is 1. The van der Waals surface area contributed by atoms with Crippen LogP contribution in [-0.4, -0.2) is 32.4 Å². The van der Waals surface area contributed by atoms with Gasteiger partial charge in [0.2, 0.25) is 5.91 Å². The summed E-state index contributed by atoms with van der Waals surface area (Å²) in [5.41, 5.74) is 4.13. The van der Waals surface area contributed by atoms with Gasteiger partial charge in [0.1, 0.15) is 17.6 Å². The van der Waals surface area contributed by atoms with E-state index in [1.54, 1.807) is 25.5 Å². The average Bonchev–Trinajstić information content (AvgIpc) is 3.31. The molecule has 0 unspecified atom stereocenters. The van der Waals surface area contributed by atoms with Gasteiger partial charge in [0.05, 0.1) is 17.8 Å². The minimum Gasteiger partial charge on any atom is -0.309 e. The molecule has 0 fully saturated rings. The van der Waals surface area contributed by atoms with E-state index in [-0.39, 0.29) is 11.8 Å². The summed E-state index contributed by atoms with van der Waals surface area (Å²) in [7, 11) is 1.75. The van der Waals surface area contributed by atoms with Crippen LogP contribution < -0.4 is 10.6 Å². The maximum absolute atomic E-state index is 13.2. The topological polar surface area (TPSA) is 109 Å². The van der Waals surface area contributed by atoms with E-state index in [1.807, 2.05) is 60.7 Å². The Morgan fingerprint density at radius 2 is 1.79 bits per heavy atom. The fourth-order valence-corrected chi connectivity index (χ4v) is 3.60. The molecule has 2 atom stereocenters. The number of nitrogens with one attached hydrogen (secondary N) is 2. The molecular formula is C26H25N7O. The quantitative estimate of drug-likeness (QED) is 0.422. The van der Waals surface area contributed by atoms with Crippen molar-refractivity contribution >= 4 is 11.7 Å². The first-order valence-corrected chi connectivity index (χ1v) is 11.0. The number of benzene rings is 2. The minimum atomic E-state index is -0.552. The molecule has 0 aliphatic heterocycles. The van der Waals surface area contributed by atoms with Crippen LogP contribution in [0.5, 0.6) is 0 Å². The second-order valence-electron chi connectivity index (χ2n) is 8.03. The van der Waals surface area contributed by atoms with Gasteiger partial charge in [0.25, 0.3) is 0 Å². The molecule has 8 nitrogen and oxygen atoms in total. The van der Waals surface area contributed by atoms with Crippen molar-refractivity contribution in [2.45, 2.75) is 18.9 Å². The molecular weight excluding hydrogens is 426 g/mol. The molecule has 2 heterocycles. The fraction of sp³-hybridized carbons (Fsp3) is 0.192. The Balaban J connectivity index is 1.46. The molecule has 34 heavy (non-hydrogen) atoms. The van der Waals surface area contributed by atoms with Crippen LogP contribution in [-0.2, 0) is 11.8 Å². The number of hydrogen-bond donors (Lipinski definition) is 2. The molecule has 0 aliphatic carbocycles. The lowest BCUT2D eigenvalue weighted by Gasteiger charge is -2.21. The molecule has 2 aromatic carbocycles. The summed E-state index contributed by atoms with van der Waals surface area (Å²) >= 11 is 0. The van der Waals surface area contributed by atoms with E-state index >= 15 is 0 Å². The zero-order chi connectivity index (χ0) is 23.9. The molecule has 0 radical (unpaired) electrons. The summed E-state index contributed by atoms with van der Waals surface area (Å²) in [6.45, 7) is 2.67. The number of pyridine rings is 1. The molecule has 2 aromatic heterocycles. The second kappa shape index (κ2) is 10.5. The van der Waals surface area contributed by atoms with E-state index in [2.05, 4.69) is 38.8 Å². The van der Waals surface area contributed by atoms with Crippen molar-refractivity contribution < 1.29 is 4.79 Å². The van der Waals surface area contributed by atoms with Crippen molar-refractivity contribution in [3.05, 3.63) is 95.8 Å². The van der Waals surface area contributed by atoms with Gasteiger partial charge >= 0.3 is 0 Å². The Bertz CT molecular complexity index is 1280. The zero-order valence-corrected chi connectivity index (χ0v) is 19.0. The van der Waals surface area contributed by atoms with Crippen molar-refractivity contribution in [2.75, 3.05) is 11.9 Å². The minimum absolute atomic E-state index is 0.149. The average molecular weight is 452 g/mol. The van der Waals surface area contributed by atoms with Crippen molar-refractivity contribution in [3.63, 3.8) is 0 Å². The molecule has 1 amide bonds. The highest BCUT2D eigenvalue weighted by Gasteiger charge is 2.22. The summed E-state index contributed by atoms with van der Waals surface area (Å²) in [6.07, 6.45) is 3.33. The number of amides is 1. The van der Waals surface area contributed by atoms with Gasteiger partial charge in [-0.05, 0) is 41.3 Å². The number of nitrogens with zero attached hydrogens (tertiary/aromatic N) is 5. The second-order valence-corrected chi connectivity index (χ2v) is 8.03. The molecule has 4 aromatic rings. The van der Waals surface area contributed by atoms with E-state index in [0.29, 0.717) is 23.6 Å².